The van der Waals surface area contributed by atoms with E-state index in [4.69, 9.17) is 11.2 Å². The van der Waals surface area contributed by atoms with Crippen LogP contribution < -0.4 is 0 Å². The summed E-state index contributed by atoms with van der Waals surface area (Å²) in [6.07, 6.45) is 4.80. The molecule has 0 radical (unpaired) electrons. The van der Waals surface area contributed by atoms with Crippen LogP contribution >= 0.6 is 0 Å². The summed E-state index contributed by atoms with van der Waals surface area (Å²) in [4.78, 5) is 21.1. The minimum absolute atomic E-state index is 0.0649. The molecule has 60 valence electrons. The SMILES string of the molecule is C#CCOCC(=O)CC(C)=O. The number of hydrogen-bond donors (Lipinski definition) is 0. The van der Waals surface area contributed by atoms with E-state index in [1.807, 2.05) is 0 Å². The predicted octanol–water partition coefficient (Wildman–Crippen LogP) is 0.184. The Balaban J connectivity index is 3.39. The third kappa shape index (κ3) is 6.75. The maximum Gasteiger partial charge on any atom is 0.165 e. The second-order valence-electron chi connectivity index (χ2n) is 2.11. The van der Waals surface area contributed by atoms with Crippen molar-refractivity contribution in [1.29, 1.82) is 0 Å². The van der Waals surface area contributed by atoms with Gasteiger partial charge in [-0.25, -0.2) is 0 Å². The minimum atomic E-state index is -0.229. The van der Waals surface area contributed by atoms with E-state index in [0.29, 0.717) is 0 Å². The Kier molecular flexibility index (Phi) is 5.05. The topological polar surface area (TPSA) is 43.4 Å². The van der Waals surface area contributed by atoms with Crippen LogP contribution in [0.2, 0.25) is 0 Å². The first-order valence-electron chi connectivity index (χ1n) is 3.19. The van der Waals surface area contributed by atoms with E-state index in [9.17, 15) is 9.59 Å². The largest absolute Gasteiger partial charge is 0.361 e. The fourth-order valence-electron chi connectivity index (χ4n) is 0.552. The Labute approximate surface area is 65.7 Å². The van der Waals surface area contributed by atoms with Crippen molar-refractivity contribution in [1.82, 2.24) is 0 Å². The number of rotatable bonds is 5. The average molecular weight is 154 g/mol. The zero-order valence-corrected chi connectivity index (χ0v) is 6.42. The highest BCUT2D eigenvalue weighted by Gasteiger charge is 2.03. The average Bonchev–Trinajstić information content (AvgIpc) is 1.86. The molecule has 3 heteroatoms. The molecule has 0 rings (SSSR count). The molecule has 3 nitrogen and oxygen atoms in total. The van der Waals surface area contributed by atoms with Crippen molar-refractivity contribution in [3.05, 3.63) is 0 Å². The number of ketones is 2. The van der Waals surface area contributed by atoms with Gasteiger partial charge in [0.15, 0.2) is 5.78 Å². The molecule has 0 aliphatic heterocycles. The summed E-state index contributed by atoms with van der Waals surface area (Å²) in [5, 5.41) is 0. The van der Waals surface area contributed by atoms with E-state index in [-0.39, 0.29) is 31.2 Å². The first-order valence-corrected chi connectivity index (χ1v) is 3.19. The molecule has 0 aromatic heterocycles. The molecule has 0 aromatic rings. The third-order valence-corrected chi connectivity index (χ3v) is 0.895. The lowest BCUT2D eigenvalue weighted by Gasteiger charge is -1.96. The van der Waals surface area contributed by atoms with Gasteiger partial charge in [-0.1, -0.05) is 5.92 Å². The normalized spacial score (nSPS) is 8.73. The Hall–Kier alpha value is -1.14. The Morgan fingerprint density at radius 1 is 1.55 bits per heavy atom. The molecule has 11 heavy (non-hydrogen) atoms. The fraction of sp³-hybridized carbons (Fsp3) is 0.500. The van der Waals surface area contributed by atoms with Crippen molar-refractivity contribution in [2.24, 2.45) is 0 Å². The summed E-state index contributed by atoms with van der Waals surface area (Å²) in [5.41, 5.74) is 0. The summed E-state index contributed by atoms with van der Waals surface area (Å²) < 4.78 is 4.71. The lowest BCUT2D eigenvalue weighted by Crippen LogP contribution is -2.11. The van der Waals surface area contributed by atoms with Crippen molar-refractivity contribution in [2.45, 2.75) is 13.3 Å². The molecule has 0 aromatic carbocycles. The maximum atomic E-state index is 10.7. The van der Waals surface area contributed by atoms with Crippen molar-refractivity contribution in [2.75, 3.05) is 13.2 Å². The molecule has 0 aliphatic rings. The first-order chi connectivity index (χ1) is 5.16. The smallest absolute Gasteiger partial charge is 0.165 e. The Morgan fingerprint density at radius 3 is 2.64 bits per heavy atom. The maximum absolute atomic E-state index is 10.7. The zero-order chi connectivity index (χ0) is 8.69. The van der Waals surface area contributed by atoms with Gasteiger partial charge < -0.3 is 4.74 Å². The van der Waals surface area contributed by atoms with Gasteiger partial charge in [-0.05, 0) is 6.92 Å². The van der Waals surface area contributed by atoms with Crippen LogP contribution in [0.1, 0.15) is 13.3 Å². The zero-order valence-electron chi connectivity index (χ0n) is 6.42. The highest BCUT2D eigenvalue weighted by atomic mass is 16.5. The molecule has 0 fully saturated rings. The van der Waals surface area contributed by atoms with Gasteiger partial charge in [-0.15, -0.1) is 6.42 Å². The van der Waals surface area contributed by atoms with Gasteiger partial charge in [0.1, 0.15) is 19.0 Å². The fourth-order valence-corrected chi connectivity index (χ4v) is 0.552. The van der Waals surface area contributed by atoms with Crippen LogP contribution in [0.4, 0.5) is 0 Å². The van der Waals surface area contributed by atoms with Crippen molar-refractivity contribution in [3.8, 4) is 12.3 Å². The molecule has 0 heterocycles. The van der Waals surface area contributed by atoms with Gasteiger partial charge in [0.25, 0.3) is 0 Å². The Morgan fingerprint density at radius 2 is 2.18 bits per heavy atom. The van der Waals surface area contributed by atoms with E-state index < -0.39 is 0 Å². The van der Waals surface area contributed by atoms with Gasteiger partial charge >= 0.3 is 0 Å². The second kappa shape index (κ2) is 5.63. The summed E-state index contributed by atoms with van der Waals surface area (Å²) in [7, 11) is 0. The van der Waals surface area contributed by atoms with Crippen molar-refractivity contribution in [3.63, 3.8) is 0 Å². The van der Waals surface area contributed by atoms with Crippen LogP contribution in [0, 0.1) is 12.3 Å². The highest BCUT2D eigenvalue weighted by molar-refractivity contribution is 5.98. The molecule has 0 bridgehead atoms. The van der Waals surface area contributed by atoms with Gasteiger partial charge in [-0.3, -0.25) is 9.59 Å². The second-order valence-corrected chi connectivity index (χ2v) is 2.11. The molecule has 0 spiro atoms. The van der Waals surface area contributed by atoms with E-state index >= 15 is 0 Å². The number of hydrogen-bond acceptors (Lipinski definition) is 3. The first kappa shape index (κ1) is 9.86. The van der Waals surface area contributed by atoms with Crippen molar-refractivity contribution < 1.29 is 14.3 Å². The van der Waals surface area contributed by atoms with Crippen LogP contribution in [0.25, 0.3) is 0 Å². The predicted molar refractivity (Wildman–Crippen MR) is 40.0 cm³/mol. The van der Waals surface area contributed by atoms with Crippen LogP contribution in [-0.4, -0.2) is 24.8 Å². The molecule has 0 unspecified atom stereocenters. The number of carbonyl (C=O) groups excluding carboxylic acids is 2. The molecule has 0 saturated carbocycles. The van der Waals surface area contributed by atoms with E-state index in [0.717, 1.165) is 0 Å². The number of terminal acetylenes is 1. The molecular weight excluding hydrogens is 144 g/mol. The standard InChI is InChI=1S/C8H10O3/c1-3-4-11-6-8(10)5-7(2)9/h1H,4-6H2,2H3. The number of Topliss-reactive ketones (excluding diaryl/α,β-unsaturated/α-hetero) is 2. The molecule has 0 atom stereocenters. The van der Waals surface area contributed by atoms with Gasteiger partial charge in [0, 0.05) is 0 Å². The van der Waals surface area contributed by atoms with Crippen LogP contribution in [0.3, 0.4) is 0 Å². The molecular formula is C8H10O3. The monoisotopic (exact) mass is 154 g/mol. The van der Waals surface area contributed by atoms with Crippen molar-refractivity contribution >= 4 is 11.6 Å². The lowest BCUT2D eigenvalue weighted by atomic mass is 10.2. The third-order valence-electron chi connectivity index (χ3n) is 0.895. The minimum Gasteiger partial charge on any atom is -0.361 e. The van der Waals surface area contributed by atoms with Crippen LogP contribution in [0.15, 0.2) is 0 Å². The van der Waals surface area contributed by atoms with Crippen LogP contribution in [-0.2, 0) is 14.3 Å². The quantitative estimate of drug-likeness (QED) is 0.322. The van der Waals surface area contributed by atoms with E-state index in [1.54, 1.807) is 0 Å². The summed E-state index contributed by atoms with van der Waals surface area (Å²) in [6.45, 7) is 1.41. The summed E-state index contributed by atoms with van der Waals surface area (Å²) in [6, 6.07) is 0. The summed E-state index contributed by atoms with van der Waals surface area (Å²) >= 11 is 0. The number of carbonyl (C=O) groups is 2. The number of ether oxygens (including phenoxy) is 1. The lowest BCUT2D eigenvalue weighted by molar-refractivity contribution is -0.128. The molecule has 0 aliphatic carbocycles. The van der Waals surface area contributed by atoms with Crippen LogP contribution in [0.5, 0.6) is 0 Å². The molecule has 0 N–H and O–H groups in total. The van der Waals surface area contributed by atoms with Gasteiger partial charge in [0.2, 0.25) is 0 Å². The molecule has 0 saturated heterocycles. The highest BCUT2D eigenvalue weighted by Crippen LogP contribution is 1.86. The summed E-state index contributed by atoms with van der Waals surface area (Å²) in [5.74, 6) is 1.83. The van der Waals surface area contributed by atoms with E-state index in [1.165, 1.54) is 6.92 Å². The molecule has 0 amide bonds. The van der Waals surface area contributed by atoms with E-state index in [2.05, 4.69) is 5.92 Å². The van der Waals surface area contributed by atoms with Gasteiger partial charge in [-0.2, -0.15) is 0 Å². The Bertz CT molecular complexity index is 188. The van der Waals surface area contributed by atoms with Gasteiger partial charge in [0.05, 0.1) is 6.42 Å².